The third kappa shape index (κ3) is 5.05. The van der Waals surface area contributed by atoms with Crippen molar-refractivity contribution in [1.82, 2.24) is 4.98 Å². The van der Waals surface area contributed by atoms with Crippen molar-refractivity contribution in [1.29, 1.82) is 0 Å². The summed E-state index contributed by atoms with van der Waals surface area (Å²) in [7, 11) is 0. The van der Waals surface area contributed by atoms with E-state index in [1.807, 2.05) is 6.07 Å². The van der Waals surface area contributed by atoms with E-state index in [-0.39, 0.29) is 0 Å². The minimum atomic E-state index is -0.419. The summed E-state index contributed by atoms with van der Waals surface area (Å²) in [4.78, 5) is 3.93. The molecule has 0 aliphatic heterocycles. The predicted molar refractivity (Wildman–Crippen MR) is 72.1 cm³/mol. The zero-order valence-electron chi connectivity index (χ0n) is 10.7. The Morgan fingerprint density at radius 2 is 2.18 bits per heavy atom. The highest BCUT2D eigenvalue weighted by molar-refractivity contribution is 6.29. The molecule has 1 aromatic rings. The number of hydrogen-bond acceptors (Lipinski definition) is 2. The molecule has 2 atom stereocenters. The van der Waals surface area contributed by atoms with Gasteiger partial charge in [0.25, 0.3) is 0 Å². The maximum absolute atomic E-state index is 10.2. The lowest BCUT2D eigenvalue weighted by molar-refractivity contribution is 0.139. The number of halogens is 1. The van der Waals surface area contributed by atoms with Crippen LogP contribution in [0.25, 0.3) is 0 Å². The summed E-state index contributed by atoms with van der Waals surface area (Å²) in [5.41, 5.74) is 0.875. The zero-order chi connectivity index (χ0) is 12.7. The van der Waals surface area contributed by atoms with Crippen LogP contribution < -0.4 is 0 Å². The highest BCUT2D eigenvalue weighted by Crippen LogP contribution is 2.27. The van der Waals surface area contributed by atoms with Crippen molar-refractivity contribution >= 4 is 11.6 Å². The molecule has 96 valence electrons. The van der Waals surface area contributed by atoms with Crippen LogP contribution in [0.4, 0.5) is 0 Å². The number of aliphatic hydroxyl groups is 1. The van der Waals surface area contributed by atoms with Gasteiger partial charge in [-0.2, -0.15) is 0 Å². The summed E-state index contributed by atoms with van der Waals surface area (Å²) in [5, 5.41) is 10.6. The van der Waals surface area contributed by atoms with Gasteiger partial charge in [0.05, 0.1) is 6.10 Å². The number of unbranched alkanes of at least 4 members (excludes halogenated alkanes) is 1. The summed E-state index contributed by atoms with van der Waals surface area (Å²) in [6, 6.07) is 3.59. The Kier molecular flexibility index (Phi) is 6.53. The second kappa shape index (κ2) is 7.67. The molecule has 0 aliphatic carbocycles. The van der Waals surface area contributed by atoms with Crippen LogP contribution in [0.3, 0.4) is 0 Å². The molecule has 2 unspecified atom stereocenters. The van der Waals surface area contributed by atoms with E-state index < -0.39 is 6.10 Å². The van der Waals surface area contributed by atoms with Crippen LogP contribution in [0.2, 0.25) is 5.15 Å². The molecule has 1 N–H and O–H groups in total. The van der Waals surface area contributed by atoms with Crippen LogP contribution >= 0.6 is 11.6 Å². The van der Waals surface area contributed by atoms with E-state index in [0.29, 0.717) is 11.1 Å². The van der Waals surface area contributed by atoms with Crippen molar-refractivity contribution < 1.29 is 5.11 Å². The average Bonchev–Trinajstić information content (AvgIpc) is 2.34. The molecular formula is C14H22ClNO. The first-order valence-corrected chi connectivity index (χ1v) is 6.84. The molecular weight excluding hydrogens is 234 g/mol. The van der Waals surface area contributed by atoms with Crippen LogP contribution in [0.1, 0.15) is 57.6 Å². The third-order valence-corrected chi connectivity index (χ3v) is 3.44. The van der Waals surface area contributed by atoms with Crippen LogP contribution in [0.5, 0.6) is 0 Å². The van der Waals surface area contributed by atoms with Gasteiger partial charge in [0.15, 0.2) is 0 Å². The van der Waals surface area contributed by atoms with E-state index in [9.17, 15) is 5.11 Å². The lowest BCUT2D eigenvalue weighted by atomic mass is 9.91. The first-order valence-electron chi connectivity index (χ1n) is 6.46. The van der Waals surface area contributed by atoms with Gasteiger partial charge in [-0.15, -0.1) is 0 Å². The van der Waals surface area contributed by atoms with E-state index in [4.69, 9.17) is 11.6 Å². The van der Waals surface area contributed by atoms with Crippen LogP contribution in [-0.2, 0) is 0 Å². The first-order chi connectivity index (χ1) is 8.17. The number of pyridine rings is 1. The summed E-state index contributed by atoms with van der Waals surface area (Å²) >= 11 is 5.82. The molecule has 0 bridgehead atoms. The molecule has 0 aromatic carbocycles. The lowest BCUT2D eigenvalue weighted by Crippen LogP contribution is -2.07. The van der Waals surface area contributed by atoms with Crippen molar-refractivity contribution in [3.05, 3.63) is 29.0 Å². The fourth-order valence-corrected chi connectivity index (χ4v) is 2.24. The normalized spacial score (nSPS) is 14.6. The van der Waals surface area contributed by atoms with Crippen LogP contribution in [-0.4, -0.2) is 10.1 Å². The monoisotopic (exact) mass is 255 g/mol. The van der Waals surface area contributed by atoms with E-state index >= 15 is 0 Å². The van der Waals surface area contributed by atoms with Crippen molar-refractivity contribution in [2.75, 3.05) is 0 Å². The van der Waals surface area contributed by atoms with E-state index in [2.05, 4.69) is 18.8 Å². The van der Waals surface area contributed by atoms with Crippen molar-refractivity contribution in [3.63, 3.8) is 0 Å². The van der Waals surface area contributed by atoms with Gasteiger partial charge in [-0.25, -0.2) is 4.98 Å². The maximum atomic E-state index is 10.2. The molecule has 0 radical (unpaired) electrons. The third-order valence-electron chi connectivity index (χ3n) is 3.24. The molecule has 3 heteroatoms. The summed E-state index contributed by atoms with van der Waals surface area (Å²) in [6.07, 6.45) is 6.82. The van der Waals surface area contributed by atoms with Crippen molar-refractivity contribution in [2.45, 2.75) is 52.1 Å². The zero-order valence-corrected chi connectivity index (χ0v) is 11.5. The minimum Gasteiger partial charge on any atom is -0.388 e. The minimum absolute atomic E-state index is 0.419. The number of nitrogens with zero attached hydrogens (tertiary/aromatic N) is 1. The van der Waals surface area contributed by atoms with Gasteiger partial charge in [0.1, 0.15) is 5.15 Å². The molecule has 2 nitrogen and oxygen atoms in total. The molecule has 0 spiro atoms. The second-order valence-corrected chi connectivity index (χ2v) is 4.97. The van der Waals surface area contributed by atoms with Gasteiger partial charge in [-0.05, 0) is 30.0 Å². The van der Waals surface area contributed by atoms with Gasteiger partial charge in [0.2, 0.25) is 0 Å². The highest BCUT2D eigenvalue weighted by Gasteiger charge is 2.14. The molecule has 0 amide bonds. The summed E-state index contributed by atoms with van der Waals surface area (Å²) in [6.45, 7) is 4.39. The summed E-state index contributed by atoms with van der Waals surface area (Å²) in [5.74, 6) is 0.594. The number of aromatic nitrogens is 1. The molecule has 0 saturated carbocycles. The molecule has 0 fully saturated rings. The number of aliphatic hydroxyl groups excluding tert-OH is 1. The molecule has 17 heavy (non-hydrogen) atoms. The topological polar surface area (TPSA) is 33.1 Å². The summed E-state index contributed by atoms with van der Waals surface area (Å²) < 4.78 is 0. The van der Waals surface area contributed by atoms with Crippen LogP contribution in [0.15, 0.2) is 18.3 Å². The maximum Gasteiger partial charge on any atom is 0.129 e. The molecule has 1 rings (SSSR count). The molecule has 0 aliphatic rings. The molecule has 1 aromatic heterocycles. The number of hydrogen-bond donors (Lipinski definition) is 1. The predicted octanol–water partition coefficient (Wildman–Crippen LogP) is 4.37. The standard InChI is InChI=1S/C14H22ClNO/c1-3-5-6-11(4-2)9-13(17)12-7-8-16-14(15)10-12/h7-8,10-11,13,17H,3-6,9H2,1-2H3. The van der Waals surface area contributed by atoms with Gasteiger partial charge in [-0.3, -0.25) is 0 Å². The Balaban J connectivity index is 2.54. The average molecular weight is 256 g/mol. The fraction of sp³-hybridized carbons (Fsp3) is 0.643. The Hall–Kier alpha value is -0.600. The smallest absolute Gasteiger partial charge is 0.129 e. The Bertz CT molecular complexity index is 330. The van der Waals surface area contributed by atoms with Gasteiger partial charge < -0.3 is 5.11 Å². The van der Waals surface area contributed by atoms with Crippen molar-refractivity contribution in [3.8, 4) is 0 Å². The van der Waals surface area contributed by atoms with E-state index in [1.54, 1.807) is 12.3 Å². The SMILES string of the molecule is CCCCC(CC)CC(O)c1ccnc(Cl)c1. The van der Waals surface area contributed by atoms with E-state index in [0.717, 1.165) is 18.4 Å². The van der Waals surface area contributed by atoms with Gasteiger partial charge in [-0.1, -0.05) is 51.1 Å². The Morgan fingerprint density at radius 1 is 1.41 bits per heavy atom. The first kappa shape index (κ1) is 14.5. The van der Waals surface area contributed by atoms with Crippen LogP contribution in [0, 0.1) is 5.92 Å². The van der Waals surface area contributed by atoms with Gasteiger partial charge in [0, 0.05) is 6.20 Å². The van der Waals surface area contributed by atoms with Crippen molar-refractivity contribution in [2.24, 2.45) is 5.92 Å². The fourth-order valence-electron chi connectivity index (χ4n) is 2.06. The quantitative estimate of drug-likeness (QED) is 0.734. The molecule has 0 saturated heterocycles. The number of rotatable bonds is 7. The largest absolute Gasteiger partial charge is 0.388 e. The Morgan fingerprint density at radius 3 is 2.76 bits per heavy atom. The van der Waals surface area contributed by atoms with E-state index in [1.165, 1.54) is 19.3 Å². The van der Waals surface area contributed by atoms with Gasteiger partial charge >= 0.3 is 0 Å². The lowest BCUT2D eigenvalue weighted by Gasteiger charge is -2.19. The second-order valence-electron chi connectivity index (χ2n) is 4.58. The Labute approximate surface area is 109 Å². The highest BCUT2D eigenvalue weighted by atomic mass is 35.5. The molecule has 1 heterocycles.